The Hall–Kier alpha value is -4.44. The van der Waals surface area contributed by atoms with Gasteiger partial charge in [0, 0.05) is 42.4 Å². The summed E-state index contributed by atoms with van der Waals surface area (Å²) < 4.78 is 23.3. The van der Waals surface area contributed by atoms with Gasteiger partial charge in [0.1, 0.15) is 29.0 Å². The Bertz CT molecular complexity index is 1760. The number of hydrogen-bond donors (Lipinski definition) is 0. The van der Waals surface area contributed by atoms with E-state index in [1.54, 1.807) is 22.7 Å². The second kappa shape index (κ2) is 8.81. The van der Waals surface area contributed by atoms with E-state index in [1.165, 1.54) is 23.3 Å². The van der Waals surface area contributed by atoms with E-state index >= 15 is 0 Å². The molecular formula is C28H22ClFN6O3. The average molecular weight is 545 g/mol. The van der Waals surface area contributed by atoms with E-state index in [9.17, 15) is 14.0 Å². The summed E-state index contributed by atoms with van der Waals surface area (Å²) >= 11 is 6.65. The third kappa shape index (κ3) is 3.66. The molecule has 2 aliphatic rings. The second-order valence-corrected chi connectivity index (χ2v) is 10.2. The molecule has 0 N–H and O–H groups in total. The number of fused-ring (bicyclic) bond motifs is 1. The van der Waals surface area contributed by atoms with Crippen molar-refractivity contribution >= 4 is 40.0 Å². The summed E-state index contributed by atoms with van der Waals surface area (Å²) in [5.41, 5.74) is 4.30. The average Bonchev–Trinajstić information content (AvgIpc) is 3.65. The van der Waals surface area contributed by atoms with Crippen LogP contribution in [0.5, 0.6) is 0 Å². The van der Waals surface area contributed by atoms with Gasteiger partial charge >= 0.3 is 0 Å². The van der Waals surface area contributed by atoms with Crippen LogP contribution in [0.2, 0.25) is 5.15 Å². The van der Waals surface area contributed by atoms with Gasteiger partial charge in [-0.1, -0.05) is 47.1 Å². The first kappa shape index (κ1) is 23.7. The van der Waals surface area contributed by atoms with E-state index in [4.69, 9.17) is 16.1 Å². The highest BCUT2D eigenvalue weighted by Gasteiger charge is 2.41. The van der Waals surface area contributed by atoms with Crippen molar-refractivity contribution in [3.8, 4) is 11.3 Å². The van der Waals surface area contributed by atoms with Crippen LogP contribution >= 0.6 is 11.6 Å². The maximum Gasteiger partial charge on any atom is 0.275 e. The maximum absolute atomic E-state index is 14.8. The lowest BCUT2D eigenvalue weighted by molar-refractivity contribution is -0.123. The number of likely N-dealkylation sites (N-methyl/N-ethyl adjacent to an activating group) is 1. The summed E-state index contributed by atoms with van der Waals surface area (Å²) in [7, 11) is 1.60. The molecule has 0 fully saturated rings. The van der Waals surface area contributed by atoms with Crippen molar-refractivity contribution < 1.29 is 18.5 Å². The van der Waals surface area contributed by atoms with Crippen LogP contribution in [0, 0.1) is 5.82 Å². The van der Waals surface area contributed by atoms with Crippen molar-refractivity contribution in [2.75, 3.05) is 18.5 Å². The molecule has 7 rings (SSSR count). The fraction of sp³-hybridized carbons (Fsp3) is 0.214. The van der Waals surface area contributed by atoms with E-state index in [0.29, 0.717) is 58.1 Å². The molecule has 0 saturated carbocycles. The third-order valence-corrected chi connectivity index (χ3v) is 8.00. The molecule has 0 spiro atoms. The molecular weight excluding hydrogens is 523 g/mol. The summed E-state index contributed by atoms with van der Waals surface area (Å²) in [6.45, 7) is 0.922. The van der Waals surface area contributed by atoms with Crippen molar-refractivity contribution in [1.82, 2.24) is 24.4 Å². The lowest BCUT2D eigenvalue weighted by atomic mass is 10.0. The van der Waals surface area contributed by atoms with Crippen LogP contribution < -0.4 is 4.90 Å². The number of nitrogens with zero attached hydrogens (tertiary/aromatic N) is 6. The monoisotopic (exact) mass is 544 g/mol. The first-order valence-electron chi connectivity index (χ1n) is 12.5. The van der Waals surface area contributed by atoms with Crippen LogP contribution in [-0.2, 0) is 24.3 Å². The standard InChI is InChI=1S/C28H22ClFN6O3/c1-33-22-12-17(30)11-19-20(21-8-10-39-32-21)14-34(25(19)22)15-23(27(33)37)35-9-7-18-24(28(35)38)31-36(26(18)29)13-16-5-3-2-4-6-16/h2-6,8,10-12,14,23H,7,9,13,15H2,1H3/t23-/m0/s1. The predicted octanol–water partition coefficient (Wildman–Crippen LogP) is 4.38. The molecule has 2 amide bonds. The zero-order valence-corrected chi connectivity index (χ0v) is 21.6. The van der Waals surface area contributed by atoms with Gasteiger partial charge in [-0.25, -0.2) is 9.07 Å². The molecule has 2 aromatic carbocycles. The van der Waals surface area contributed by atoms with Gasteiger partial charge < -0.3 is 18.9 Å². The minimum absolute atomic E-state index is 0.190. The largest absolute Gasteiger partial charge is 0.364 e. The number of rotatable bonds is 4. The number of hydrogen-bond acceptors (Lipinski definition) is 5. The van der Waals surface area contributed by atoms with Gasteiger partial charge in [-0.05, 0) is 24.1 Å². The first-order chi connectivity index (χ1) is 18.9. The molecule has 2 aliphatic heterocycles. The smallest absolute Gasteiger partial charge is 0.275 e. The molecule has 39 heavy (non-hydrogen) atoms. The van der Waals surface area contributed by atoms with E-state index in [1.807, 2.05) is 41.1 Å². The number of carbonyl (C=O) groups is 2. The van der Waals surface area contributed by atoms with Gasteiger partial charge in [-0.2, -0.15) is 5.10 Å². The SMILES string of the molecule is CN1C(=O)[C@@H](N2CCc3c(nn(Cc4ccccc4)c3Cl)C2=O)Cn2cc(-c3ccon3)c3cc(F)cc1c32. The summed E-state index contributed by atoms with van der Waals surface area (Å²) in [5.74, 6) is -1.13. The number of halogens is 2. The summed E-state index contributed by atoms with van der Waals surface area (Å²) in [6.07, 6.45) is 3.75. The Morgan fingerprint density at radius 1 is 1.15 bits per heavy atom. The van der Waals surface area contributed by atoms with Crippen LogP contribution in [0.4, 0.5) is 10.1 Å². The number of carbonyl (C=O) groups excluding carboxylic acids is 2. The van der Waals surface area contributed by atoms with E-state index in [-0.39, 0.29) is 24.1 Å². The van der Waals surface area contributed by atoms with E-state index in [0.717, 1.165) is 5.56 Å². The Morgan fingerprint density at radius 3 is 2.74 bits per heavy atom. The predicted molar refractivity (Wildman–Crippen MR) is 142 cm³/mol. The Balaban J connectivity index is 1.27. The Morgan fingerprint density at radius 2 is 1.97 bits per heavy atom. The number of benzene rings is 2. The van der Waals surface area contributed by atoms with Crippen LogP contribution in [0.1, 0.15) is 21.6 Å². The van der Waals surface area contributed by atoms with Crippen LogP contribution in [0.15, 0.2) is 65.5 Å². The maximum atomic E-state index is 14.8. The number of aromatic nitrogens is 4. The second-order valence-electron chi connectivity index (χ2n) is 9.82. The zero-order valence-electron chi connectivity index (χ0n) is 20.8. The highest BCUT2D eigenvalue weighted by atomic mass is 35.5. The molecule has 0 aliphatic carbocycles. The van der Waals surface area contributed by atoms with Gasteiger partial charge in [0.15, 0.2) is 5.69 Å². The molecule has 0 saturated heterocycles. The summed E-state index contributed by atoms with van der Waals surface area (Å²) in [6, 6.07) is 13.4. The normalized spacial score (nSPS) is 17.2. The van der Waals surface area contributed by atoms with E-state index in [2.05, 4.69) is 10.3 Å². The summed E-state index contributed by atoms with van der Waals surface area (Å²) in [5, 5.41) is 9.63. The molecule has 11 heteroatoms. The van der Waals surface area contributed by atoms with Crippen molar-refractivity contribution in [2.45, 2.75) is 25.6 Å². The van der Waals surface area contributed by atoms with Gasteiger partial charge in [0.2, 0.25) is 0 Å². The van der Waals surface area contributed by atoms with Crippen LogP contribution in [-0.4, -0.2) is 55.9 Å². The van der Waals surface area contributed by atoms with Gasteiger partial charge in [-0.15, -0.1) is 0 Å². The van der Waals surface area contributed by atoms with E-state index < -0.39 is 11.9 Å². The van der Waals surface area contributed by atoms with Crippen molar-refractivity contribution in [1.29, 1.82) is 0 Å². The lowest BCUT2D eigenvalue weighted by Crippen LogP contribution is -2.53. The molecule has 0 radical (unpaired) electrons. The minimum atomic E-state index is -0.829. The molecule has 3 aromatic heterocycles. The lowest BCUT2D eigenvalue weighted by Gasteiger charge is -2.34. The molecule has 196 valence electrons. The number of anilines is 1. The zero-order chi connectivity index (χ0) is 26.8. The topological polar surface area (TPSA) is 89.4 Å². The van der Waals surface area contributed by atoms with Gasteiger partial charge in [0.05, 0.1) is 24.3 Å². The first-order valence-corrected chi connectivity index (χ1v) is 12.9. The number of amides is 2. The van der Waals surface area contributed by atoms with Crippen LogP contribution in [0.25, 0.3) is 22.2 Å². The molecule has 5 aromatic rings. The van der Waals surface area contributed by atoms with Crippen LogP contribution in [0.3, 0.4) is 0 Å². The Labute approximate surface area is 226 Å². The fourth-order valence-corrected chi connectivity index (χ4v) is 5.96. The quantitative estimate of drug-likeness (QED) is 0.335. The molecule has 0 bridgehead atoms. The highest BCUT2D eigenvalue weighted by molar-refractivity contribution is 6.31. The van der Waals surface area contributed by atoms with Crippen molar-refractivity contribution in [3.63, 3.8) is 0 Å². The highest BCUT2D eigenvalue weighted by Crippen LogP contribution is 2.39. The summed E-state index contributed by atoms with van der Waals surface area (Å²) in [4.78, 5) is 30.5. The van der Waals surface area contributed by atoms with Gasteiger partial charge in [-0.3, -0.25) is 9.59 Å². The van der Waals surface area contributed by atoms with Gasteiger partial charge in [0.25, 0.3) is 11.8 Å². The molecule has 1 atom stereocenters. The molecule has 5 heterocycles. The fourth-order valence-electron chi connectivity index (χ4n) is 5.68. The van der Waals surface area contributed by atoms with Crippen molar-refractivity contribution in [2.24, 2.45) is 0 Å². The molecule has 9 nitrogen and oxygen atoms in total. The Kier molecular flexibility index (Phi) is 5.34. The van der Waals surface area contributed by atoms with Crippen molar-refractivity contribution in [3.05, 3.63) is 88.8 Å². The molecule has 0 unspecified atom stereocenters. The minimum Gasteiger partial charge on any atom is -0.364 e. The third-order valence-electron chi connectivity index (χ3n) is 7.58.